The summed E-state index contributed by atoms with van der Waals surface area (Å²) in [5, 5.41) is 23.2. The Kier molecular flexibility index (Phi) is 5.45. The van der Waals surface area contributed by atoms with Gasteiger partial charge in [0.05, 0.1) is 12.1 Å². The molecule has 2 amide bonds. The lowest BCUT2D eigenvalue weighted by Crippen LogP contribution is -2.49. The number of hydrogen-bond acceptors (Lipinski definition) is 5. The Morgan fingerprint density at radius 3 is 2.50 bits per heavy atom. The van der Waals surface area contributed by atoms with E-state index in [-0.39, 0.29) is 18.3 Å². The van der Waals surface area contributed by atoms with E-state index >= 15 is 0 Å². The molecule has 2 aliphatic rings. The number of aromatic nitrogens is 1. The zero-order valence-electron chi connectivity index (χ0n) is 16.9. The van der Waals surface area contributed by atoms with E-state index in [9.17, 15) is 37.8 Å². The van der Waals surface area contributed by atoms with Gasteiger partial charge in [-0.25, -0.2) is 13.2 Å². The number of carbonyl (C=O) groups excluding carboxylic acids is 2. The summed E-state index contributed by atoms with van der Waals surface area (Å²) in [7, 11) is 0. The zero-order valence-corrected chi connectivity index (χ0v) is 16.9. The van der Waals surface area contributed by atoms with Crippen LogP contribution in [0.25, 0.3) is 0 Å². The smallest absolute Gasteiger partial charge is 0.274 e. The molecule has 0 spiro atoms. The van der Waals surface area contributed by atoms with Gasteiger partial charge in [-0.15, -0.1) is 0 Å². The molecule has 3 N–H and O–H groups in total. The fourth-order valence-corrected chi connectivity index (χ4v) is 4.22. The van der Waals surface area contributed by atoms with Gasteiger partial charge in [0, 0.05) is 43.0 Å². The van der Waals surface area contributed by atoms with Gasteiger partial charge in [-0.1, -0.05) is 0 Å². The van der Waals surface area contributed by atoms with E-state index in [0.717, 1.165) is 6.20 Å². The number of amides is 2. The van der Waals surface area contributed by atoms with Crippen molar-refractivity contribution in [3.63, 3.8) is 0 Å². The van der Waals surface area contributed by atoms with Crippen molar-refractivity contribution >= 4 is 11.8 Å². The lowest BCUT2D eigenvalue weighted by atomic mass is 10.0. The van der Waals surface area contributed by atoms with Crippen LogP contribution in [0.1, 0.15) is 52.2 Å². The summed E-state index contributed by atoms with van der Waals surface area (Å²) in [4.78, 5) is 39.6. The third-order valence-corrected chi connectivity index (χ3v) is 6.05. The first-order valence-corrected chi connectivity index (χ1v) is 9.99. The molecule has 3 heterocycles. The molecule has 32 heavy (non-hydrogen) atoms. The van der Waals surface area contributed by atoms with E-state index in [4.69, 9.17) is 0 Å². The number of fused-ring (bicyclic) bond motifs is 4. The normalized spacial score (nSPS) is 22.3. The third kappa shape index (κ3) is 3.52. The number of nitrogens with one attached hydrogen (secondary N) is 1. The quantitative estimate of drug-likeness (QED) is 0.654. The summed E-state index contributed by atoms with van der Waals surface area (Å²) < 4.78 is 41.9. The monoisotopic (exact) mass is 451 g/mol. The highest BCUT2D eigenvalue weighted by atomic mass is 19.1. The van der Waals surface area contributed by atoms with Gasteiger partial charge in [-0.2, -0.15) is 0 Å². The molecule has 3 atom stereocenters. The van der Waals surface area contributed by atoms with Crippen LogP contribution in [0, 0.1) is 17.5 Å². The van der Waals surface area contributed by atoms with Gasteiger partial charge < -0.3 is 25.0 Å². The second kappa shape index (κ2) is 7.97. The highest BCUT2D eigenvalue weighted by Gasteiger charge is 2.42. The lowest BCUT2D eigenvalue weighted by molar-refractivity contribution is 0.0503. The highest BCUT2D eigenvalue weighted by Crippen LogP contribution is 2.34. The number of nitrogens with zero attached hydrogens (tertiary/aromatic N) is 2. The van der Waals surface area contributed by atoms with Crippen LogP contribution in [-0.4, -0.2) is 50.2 Å². The van der Waals surface area contributed by atoms with Crippen LogP contribution >= 0.6 is 0 Å². The molecule has 170 valence electrons. The Hall–Kier alpha value is -3.34. The minimum atomic E-state index is -1.21. The van der Waals surface area contributed by atoms with Crippen molar-refractivity contribution in [3.05, 3.63) is 62.8 Å². The van der Waals surface area contributed by atoms with E-state index in [2.05, 4.69) is 5.32 Å². The number of carbonyl (C=O) groups is 2. The Labute approximate surface area is 179 Å². The van der Waals surface area contributed by atoms with Crippen molar-refractivity contribution in [2.24, 2.45) is 0 Å². The molecule has 0 radical (unpaired) electrons. The standard InChI is InChI=1S/C21H20F3N3O5/c1-9-2-3-16(28)15-8-26(9)21(32)17-19(30)18(29)12(7-27(15)17)20(31)25-6-11-13(23)4-10(22)5-14(11)24/h4-5,7,9,15-16,28,30H,2-3,6,8H2,1H3,(H,25,31). The maximum Gasteiger partial charge on any atom is 0.274 e. The van der Waals surface area contributed by atoms with Gasteiger partial charge in [-0.3, -0.25) is 14.4 Å². The maximum absolute atomic E-state index is 13.8. The topological polar surface area (TPSA) is 112 Å². The summed E-state index contributed by atoms with van der Waals surface area (Å²) in [5.41, 5.74) is -2.64. The van der Waals surface area contributed by atoms with E-state index in [1.54, 1.807) is 6.92 Å². The molecule has 3 unspecified atom stereocenters. The molecule has 2 bridgehead atoms. The molecule has 8 nitrogen and oxygen atoms in total. The Bertz CT molecular complexity index is 1160. The molecule has 4 rings (SSSR count). The number of rotatable bonds is 3. The highest BCUT2D eigenvalue weighted by molar-refractivity contribution is 5.99. The van der Waals surface area contributed by atoms with Gasteiger partial charge in [-0.05, 0) is 19.8 Å². The summed E-state index contributed by atoms with van der Waals surface area (Å²) >= 11 is 0. The van der Waals surface area contributed by atoms with Crippen LogP contribution in [0.3, 0.4) is 0 Å². The second-order valence-electron chi connectivity index (χ2n) is 8.03. The predicted octanol–water partition coefficient (Wildman–Crippen LogP) is 1.44. The molecular formula is C21H20F3N3O5. The van der Waals surface area contributed by atoms with Crippen molar-refractivity contribution in [3.8, 4) is 5.75 Å². The number of aliphatic hydroxyl groups excluding tert-OH is 1. The molecular weight excluding hydrogens is 431 g/mol. The minimum absolute atomic E-state index is 0.129. The maximum atomic E-state index is 13.8. The summed E-state index contributed by atoms with van der Waals surface area (Å²) in [6.45, 7) is 1.24. The van der Waals surface area contributed by atoms with Crippen LogP contribution in [0.4, 0.5) is 13.2 Å². The molecule has 1 saturated heterocycles. The van der Waals surface area contributed by atoms with Crippen molar-refractivity contribution < 1.29 is 33.0 Å². The fraction of sp³-hybridized carbons (Fsp3) is 0.381. The van der Waals surface area contributed by atoms with E-state index in [0.29, 0.717) is 25.0 Å². The Morgan fingerprint density at radius 2 is 1.84 bits per heavy atom. The lowest BCUT2D eigenvalue weighted by Gasteiger charge is -2.38. The molecule has 1 fully saturated rings. The van der Waals surface area contributed by atoms with Crippen LogP contribution in [-0.2, 0) is 6.54 Å². The SMILES string of the molecule is CC1CCC(O)C2CN1C(=O)c1c(O)c(=O)c(C(=O)NCc3c(F)cc(F)cc3F)cn12. The van der Waals surface area contributed by atoms with Gasteiger partial charge in [0.15, 0.2) is 11.4 Å². The van der Waals surface area contributed by atoms with Crippen molar-refractivity contribution in [2.75, 3.05) is 6.54 Å². The second-order valence-corrected chi connectivity index (χ2v) is 8.03. The number of aromatic hydroxyl groups is 1. The summed E-state index contributed by atoms with van der Waals surface area (Å²) in [5.74, 6) is -6.15. The summed E-state index contributed by atoms with van der Waals surface area (Å²) in [6.07, 6.45) is 1.05. The molecule has 2 aliphatic heterocycles. The molecule has 0 aliphatic carbocycles. The number of aliphatic hydroxyl groups is 1. The number of halogens is 3. The summed E-state index contributed by atoms with van der Waals surface area (Å²) in [6, 6.07) is -0.00190. The molecule has 1 aromatic heterocycles. The number of hydrogen-bond donors (Lipinski definition) is 3. The van der Waals surface area contributed by atoms with E-state index in [1.165, 1.54) is 9.47 Å². The van der Waals surface area contributed by atoms with Crippen LogP contribution in [0.2, 0.25) is 0 Å². The van der Waals surface area contributed by atoms with Crippen LogP contribution in [0.15, 0.2) is 23.1 Å². The van der Waals surface area contributed by atoms with Gasteiger partial charge in [0.1, 0.15) is 23.0 Å². The van der Waals surface area contributed by atoms with Crippen molar-refractivity contribution in [1.82, 2.24) is 14.8 Å². The van der Waals surface area contributed by atoms with Crippen LogP contribution < -0.4 is 10.7 Å². The Balaban J connectivity index is 1.70. The van der Waals surface area contributed by atoms with Crippen molar-refractivity contribution in [2.45, 2.75) is 44.5 Å². The largest absolute Gasteiger partial charge is 0.503 e. The third-order valence-electron chi connectivity index (χ3n) is 6.05. The molecule has 1 aromatic carbocycles. The number of benzene rings is 1. The van der Waals surface area contributed by atoms with Gasteiger partial charge in [0.25, 0.3) is 11.8 Å². The van der Waals surface area contributed by atoms with E-state index in [1.807, 2.05) is 0 Å². The molecule has 2 aromatic rings. The first-order valence-electron chi connectivity index (χ1n) is 9.99. The average Bonchev–Trinajstić information content (AvgIpc) is 2.85. The Morgan fingerprint density at radius 1 is 1.19 bits per heavy atom. The first kappa shape index (κ1) is 21.9. The van der Waals surface area contributed by atoms with Gasteiger partial charge >= 0.3 is 0 Å². The number of pyridine rings is 1. The zero-order chi connectivity index (χ0) is 23.3. The van der Waals surface area contributed by atoms with E-state index < -0.39 is 70.3 Å². The average molecular weight is 451 g/mol. The van der Waals surface area contributed by atoms with Crippen LogP contribution in [0.5, 0.6) is 5.75 Å². The van der Waals surface area contributed by atoms with Crippen molar-refractivity contribution in [1.29, 1.82) is 0 Å². The predicted molar refractivity (Wildman–Crippen MR) is 105 cm³/mol. The fourth-order valence-electron chi connectivity index (χ4n) is 4.22. The minimum Gasteiger partial charge on any atom is -0.503 e. The van der Waals surface area contributed by atoms with Gasteiger partial charge in [0.2, 0.25) is 5.43 Å². The molecule has 0 saturated carbocycles. The molecule has 11 heteroatoms. The first-order chi connectivity index (χ1) is 15.1.